The zero-order chi connectivity index (χ0) is 12.3. The van der Waals surface area contributed by atoms with E-state index in [1.807, 2.05) is 0 Å². The molecule has 2 rings (SSSR count). The maximum Gasteiger partial charge on any atom is 0.337 e. The van der Waals surface area contributed by atoms with Gasteiger partial charge < -0.3 is 14.3 Å². The van der Waals surface area contributed by atoms with Crippen LogP contribution in [0.5, 0.6) is 5.88 Å². The summed E-state index contributed by atoms with van der Waals surface area (Å²) in [4.78, 5) is 14.7. The minimum Gasteiger partial charge on any atom is -0.478 e. The highest BCUT2D eigenvalue weighted by molar-refractivity contribution is 6.34. The summed E-state index contributed by atoms with van der Waals surface area (Å²) in [6.07, 6.45) is 2.84. The fourth-order valence-electron chi connectivity index (χ4n) is 1.22. The molecule has 88 valence electrons. The smallest absolute Gasteiger partial charge is 0.337 e. The monoisotopic (exact) mass is 253 g/mol. The molecule has 0 fully saturated rings. The van der Waals surface area contributed by atoms with Gasteiger partial charge in [0.1, 0.15) is 17.4 Å². The number of furan rings is 1. The van der Waals surface area contributed by atoms with Gasteiger partial charge in [0.15, 0.2) is 0 Å². The normalized spacial score (nSPS) is 10.2. The van der Waals surface area contributed by atoms with Crippen molar-refractivity contribution in [2.24, 2.45) is 0 Å². The molecule has 17 heavy (non-hydrogen) atoms. The average Bonchev–Trinajstić information content (AvgIpc) is 2.80. The quantitative estimate of drug-likeness (QED) is 0.907. The molecule has 0 saturated carbocycles. The first-order chi connectivity index (χ1) is 8.18. The van der Waals surface area contributed by atoms with E-state index >= 15 is 0 Å². The predicted octanol–water partition coefficient (Wildman–Crippen LogP) is 2.61. The summed E-state index contributed by atoms with van der Waals surface area (Å²) in [6.45, 7) is 0.142. The number of ether oxygens (including phenoxy) is 1. The molecule has 1 N–H and O–H groups in total. The molecule has 2 aromatic heterocycles. The number of carboxylic acid groups (broad SMARTS) is 1. The number of aromatic nitrogens is 1. The van der Waals surface area contributed by atoms with Gasteiger partial charge >= 0.3 is 5.97 Å². The van der Waals surface area contributed by atoms with Crippen molar-refractivity contribution in [1.29, 1.82) is 0 Å². The van der Waals surface area contributed by atoms with Gasteiger partial charge in [0.05, 0.1) is 11.8 Å². The molecule has 2 aromatic rings. The van der Waals surface area contributed by atoms with Crippen LogP contribution in [0.1, 0.15) is 16.1 Å². The maximum atomic E-state index is 10.8. The third-order valence-corrected chi connectivity index (χ3v) is 2.38. The lowest BCUT2D eigenvalue weighted by Gasteiger charge is -2.06. The molecule has 0 amide bonds. The number of pyridine rings is 1. The molecule has 0 aliphatic heterocycles. The van der Waals surface area contributed by atoms with E-state index in [-0.39, 0.29) is 23.1 Å². The summed E-state index contributed by atoms with van der Waals surface area (Å²) in [7, 11) is 0. The number of halogens is 1. The molecule has 0 saturated heterocycles. The van der Waals surface area contributed by atoms with Crippen LogP contribution in [0, 0.1) is 0 Å². The van der Waals surface area contributed by atoms with Crippen LogP contribution >= 0.6 is 11.6 Å². The second-order valence-corrected chi connectivity index (χ2v) is 3.53. The number of hydrogen-bond donors (Lipinski definition) is 1. The number of carbonyl (C=O) groups is 1. The molecule has 0 aliphatic carbocycles. The summed E-state index contributed by atoms with van der Waals surface area (Å²) in [6, 6.07) is 4.76. The first-order valence-electron chi connectivity index (χ1n) is 4.71. The summed E-state index contributed by atoms with van der Waals surface area (Å²) in [5.41, 5.74) is -0.0453. The summed E-state index contributed by atoms with van der Waals surface area (Å²) < 4.78 is 10.3. The van der Waals surface area contributed by atoms with E-state index in [1.54, 1.807) is 12.1 Å². The Morgan fingerprint density at radius 1 is 1.53 bits per heavy atom. The zero-order valence-corrected chi connectivity index (χ0v) is 9.35. The summed E-state index contributed by atoms with van der Waals surface area (Å²) in [5, 5.41) is 8.83. The van der Waals surface area contributed by atoms with Crippen LogP contribution in [-0.2, 0) is 6.61 Å². The third kappa shape index (κ3) is 2.57. The number of rotatable bonds is 4. The van der Waals surface area contributed by atoms with Gasteiger partial charge in [-0.05, 0) is 18.2 Å². The third-order valence-electron chi connectivity index (χ3n) is 2.02. The lowest BCUT2D eigenvalue weighted by atomic mass is 10.3. The lowest BCUT2D eigenvalue weighted by molar-refractivity contribution is 0.0696. The van der Waals surface area contributed by atoms with Crippen molar-refractivity contribution < 1.29 is 19.1 Å². The summed E-state index contributed by atoms with van der Waals surface area (Å²) in [5.74, 6) is -0.452. The van der Waals surface area contributed by atoms with E-state index in [4.69, 9.17) is 25.9 Å². The van der Waals surface area contributed by atoms with Crippen molar-refractivity contribution in [3.05, 3.63) is 47.0 Å². The fourth-order valence-corrected chi connectivity index (χ4v) is 1.47. The predicted molar refractivity (Wildman–Crippen MR) is 59.2 cm³/mol. The van der Waals surface area contributed by atoms with Gasteiger partial charge in [-0.3, -0.25) is 0 Å². The molecule has 0 spiro atoms. The second kappa shape index (κ2) is 4.88. The van der Waals surface area contributed by atoms with E-state index in [2.05, 4.69) is 4.98 Å². The lowest BCUT2D eigenvalue weighted by Crippen LogP contribution is -2.02. The van der Waals surface area contributed by atoms with Crippen LogP contribution in [-0.4, -0.2) is 16.1 Å². The molecule has 0 aliphatic rings. The molecule has 0 unspecified atom stereocenters. The van der Waals surface area contributed by atoms with Crippen molar-refractivity contribution in [3.63, 3.8) is 0 Å². The van der Waals surface area contributed by atoms with Crippen LogP contribution in [0.25, 0.3) is 0 Å². The fraction of sp³-hybridized carbons (Fsp3) is 0.0909. The largest absolute Gasteiger partial charge is 0.478 e. The molecule has 0 atom stereocenters. The average molecular weight is 254 g/mol. The van der Waals surface area contributed by atoms with E-state index in [1.165, 1.54) is 18.5 Å². The van der Waals surface area contributed by atoms with Gasteiger partial charge in [0, 0.05) is 6.20 Å². The Morgan fingerprint density at radius 3 is 3.00 bits per heavy atom. The second-order valence-electron chi connectivity index (χ2n) is 3.15. The van der Waals surface area contributed by atoms with E-state index in [0.29, 0.717) is 5.76 Å². The Morgan fingerprint density at radius 2 is 2.35 bits per heavy atom. The first kappa shape index (κ1) is 11.5. The highest BCUT2D eigenvalue weighted by atomic mass is 35.5. The standard InChI is InChI=1S/C11H8ClNO4/c12-9-8(11(14)15)3-4-13-10(9)17-6-7-2-1-5-16-7/h1-5H,6H2,(H,14,15). The van der Waals surface area contributed by atoms with Crippen molar-refractivity contribution in [3.8, 4) is 5.88 Å². The van der Waals surface area contributed by atoms with Crippen LogP contribution in [0.2, 0.25) is 5.02 Å². The maximum absolute atomic E-state index is 10.8. The Bertz CT molecular complexity index is 524. The highest BCUT2D eigenvalue weighted by Crippen LogP contribution is 2.26. The zero-order valence-electron chi connectivity index (χ0n) is 8.59. The van der Waals surface area contributed by atoms with Gasteiger partial charge in [0.25, 0.3) is 0 Å². The highest BCUT2D eigenvalue weighted by Gasteiger charge is 2.14. The SMILES string of the molecule is O=C(O)c1ccnc(OCc2ccco2)c1Cl. The van der Waals surface area contributed by atoms with Gasteiger partial charge in [-0.2, -0.15) is 0 Å². The Hall–Kier alpha value is -2.01. The first-order valence-corrected chi connectivity index (χ1v) is 5.09. The van der Waals surface area contributed by atoms with Crippen LogP contribution in [0.3, 0.4) is 0 Å². The van der Waals surface area contributed by atoms with Gasteiger partial charge in [-0.1, -0.05) is 11.6 Å². The van der Waals surface area contributed by atoms with Crippen LogP contribution < -0.4 is 4.74 Å². The van der Waals surface area contributed by atoms with E-state index in [9.17, 15) is 4.79 Å². The van der Waals surface area contributed by atoms with Gasteiger partial charge in [-0.25, -0.2) is 9.78 Å². The Labute approximate surface area is 102 Å². The van der Waals surface area contributed by atoms with Crippen molar-refractivity contribution >= 4 is 17.6 Å². The molecule has 6 heteroatoms. The molecule has 0 aromatic carbocycles. The molecule has 0 radical (unpaired) electrons. The number of aromatic carboxylic acids is 1. The Kier molecular flexibility index (Phi) is 3.30. The van der Waals surface area contributed by atoms with Crippen molar-refractivity contribution in [2.75, 3.05) is 0 Å². The molecule has 5 nitrogen and oxygen atoms in total. The topological polar surface area (TPSA) is 72.6 Å². The minimum atomic E-state index is -1.12. The number of carboxylic acids is 1. The van der Waals surface area contributed by atoms with Crippen LogP contribution in [0.4, 0.5) is 0 Å². The molecule has 0 bridgehead atoms. The van der Waals surface area contributed by atoms with Gasteiger partial charge in [0.2, 0.25) is 5.88 Å². The van der Waals surface area contributed by atoms with Gasteiger partial charge in [-0.15, -0.1) is 0 Å². The minimum absolute atomic E-state index is 0.0217. The Balaban J connectivity index is 2.16. The van der Waals surface area contributed by atoms with Crippen LogP contribution in [0.15, 0.2) is 35.1 Å². The molecule has 2 heterocycles. The van der Waals surface area contributed by atoms with E-state index in [0.717, 1.165) is 0 Å². The van der Waals surface area contributed by atoms with Crippen molar-refractivity contribution in [2.45, 2.75) is 6.61 Å². The molecular formula is C11H8ClNO4. The van der Waals surface area contributed by atoms with Crippen molar-refractivity contribution in [1.82, 2.24) is 4.98 Å². The molecular weight excluding hydrogens is 246 g/mol. The number of hydrogen-bond acceptors (Lipinski definition) is 4. The number of nitrogens with zero attached hydrogens (tertiary/aromatic N) is 1. The van der Waals surface area contributed by atoms with E-state index < -0.39 is 5.97 Å². The summed E-state index contributed by atoms with van der Waals surface area (Å²) >= 11 is 5.84.